The molecule has 0 aliphatic carbocycles. The maximum absolute atomic E-state index is 12.6. The topological polar surface area (TPSA) is 105 Å². The molecule has 0 spiro atoms. The lowest BCUT2D eigenvalue weighted by Gasteiger charge is -2.12. The van der Waals surface area contributed by atoms with Gasteiger partial charge in [-0.15, -0.1) is 0 Å². The molecule has 3 aromatic rings. The number of anilines is 1. The van der Waals surface area contributed by atoms with Gasteiger partial charge in [0.15, 0.2) is 11.5 Å². The van der Waals surface area contributed by atoms with Gasteiger partial charge in [-0.05, 0) is 55.0 Å². The van der Waals surface area contributed by atoms with Crippen LogP contribution >= 0.6 is 0 Å². The number of para-hydroxylation sites is 1. The van der Waals surface area contributed by atoms with E-state index in [1.54, 1.807) is 36.4 Å². The fraction of sp³-hybridized carbons (Fsp3) is 0.0833. The van der Waals surface area contributed by atoms with Gasteiger partial charge in [-0.25, -0.2) is 0 Å². The zero-order chi connectivity index (χ0) is 23.1. The molecule has 0 fully saturated rings. The highest BCUT2D eigenvalue weighted by Crippen LogP contribution is 2.31. The van der Waals surface area contributed by atoms with Gasteiger partial charge in [0, 0.05) is 5.69 Å². The average Bonchev–Trinajstić information content (AvgIpc) is 2.79. The van der Waals surface area contributed by atoms with Crippen LogP contribution < -0.4 is 14.2 Å². The number of ether oxygens (including phenoxy) is 1. The van der Waals surface area contributed by atoms with Crippen LogP contribution in [-0.2, 0) is 14.9 Å². The number of nitrogens with zero attached hydrogens (tertiary/aromatic N) is 1. The van der Waals surface area contributed by atoms with Crippen molar-refractivity contribution in [2.45, 2.75) is 11.8 Å². The Morgan fingerprint density at radius 1 is 1.00 bits per heavy atom. The summed E-state index contributed by atoms with van der Waals surface area (Å²) in [7, 11) is -2.70. The number of carbonyl (C=O) groups is 1. The first-order chi connectivity index (χ1) is 15.3. The van der Waals surface area contributed by atoms with Crippen molar-refractivity contribution >= 4 is 27.8 Å². The second-order valence-corrected chi connectivity index (χ2v) is 8.30. The Morgan fingerprint density at radius 3 is 2.31 bits per heavy atom. The van der Waals surface area contributed by atoms with E-state index in [4.69, 9.17) is 8.92 Å². The lowest BCUT2D eigenvalue weighted by atomic mass is 10.1. The summed E-state index contributed by atoms with van der Waals surface area (Å²) in [6.45, 7) is 1.85. The summed E-state index contributed by atoms with van der Waals surface area (Å²) in [4.78, 5) is 12.4. The number of nitrogens with one attached hydrogen (secondary N) is 1. The van der Waals surface area contributed by atoms with E-state index < -0.39 is 16.0 Å². The van der Waals surface area contributed by atoms with E-state index >= 15 is 0 Å². The fourth-order valence-electron chi connectivity index (χ4n) is 2.75. The minimum absolute atomic E-state index is 0.0125. The minimum Gasteiger partial charge on any atom is -0.493 e. The number of carbonyl (C=O) groups excluding carboxylic acids is 1. The third-order valence-corrected chi connectivity index (χ3v) is 5.65. The fourth-order valence-corrected chi connectivity index (χ4v) is 3.69. The molecule has 0 atom stereocenters. The molecule has 162 valence electrons. The molecule has 0 radical (unpaired) electrons. The molecule has 1 N–H and O–H groups in total. The first-order valence-electron chi connectivity index (χ1n) is 9.50. The highest BCUT2D eigenvalue weighted by molar-refractivity contribution is 7.87. The predicted molar refractivity (Wildman–Crippen MR) is 121 cm³/mol. The van der Waals surface area contributed by atoms with Crippen LogP contribution in [0.15, 0.2) is 83.3 Å². The van der Waals surface area contributed by atoms with Gasteiger partial charge in [-0.3, -0.25) is 4.79 Å². The third-order valence-electron chi connectivity index (χ3n) is 4.40. The number of hydrogen-bond donors (Lipinski definition) is 1. The Morgan fingerprint density at radius 2 is 1.69 bits per heavy atom. The lowest BCUT2D eigenvalue weighted by Crippen LogP contribution is -2.13. The summed E-state index contributed by atoms with van der Waals surface area (Å²) in [5, 5.41) is 12.0. The molecule has 0 aromatic heterocycles. The van der Waals surface area contributed by atoms with Crippen LogP contribution in [-0.4, -0.2) is 21.4 Å². The van der Waals surface area contributed by atoms with E-state index in [0.717, 1.165) is 5.56 Å². The monoisotopic (exact) mass is 448 g/mol. The van der Waals surface area contributed by atoms with Gasteiger partial charge in [-0.2, -0.15) is 13.7 Å². The Balaban J connectivity index is 1.84. The van der Waals surface area contributed by atoms with Crippen molar-refractivity contribution in [3.63, 3.8) is 0 Å². The first-order valence-corrected chi connectivity index (χ1v) is 10.9. The average molecular weight is 449 g/mol. The molecule has 0 aliphatic rings. The van der Waals surface area contributed by atoms with Crippen molar-refractivity contribution in [2.75, 3.05) is 12.4 Å². The Hall–Kier alpha value is -4.09. The summed E-state index contributed by atoms with van der Waals surface area (Å²) >= 11 is 0. The SMILES string of the molecule is COc1cc(/C=C(\C#N)C(=O)Nc2ccccc2)ccc1OS(=O)(=O)c1ccc(C)cc1. The quantitative estimate of drug-likeness (QED) is 0.328. The van der Waals surface area contributed by atoms with Crippen molar-refractivity contribution in [2.24, 2.45) is 0 Å². The van der Waals surface area contributed by atoms with E-state index in [1.807, 2.05) is 19.1 Å². The molecule has 3 aromatic carbocycles. The molecule has 0 saturated heterocycles. The number of rotatable bonds is 7. The van der Waals surface area contributed by atoms with Crippen LogP contribution in [0.4, 0.5) is 5.69 Å². The molecule has 7 nitrogen and oxygen atoms in total. The molecular weight excluding hydrogens is 428 g/mol. The Kier molecular flexibility index (Phi) is 6.93. The standard InChI is InChI=1S/C24H20N2O5S/c1-17-8-11-21(12-9-17)32(28,29)31-22-13-10-18(15-23(22)30-2)14-19(16-25)24(27)26-20-6-4-3-5-7-20/h3-15H,1-2H3,(H,26,27)/b19-14+. The second-order valence-electron chi connectivity index (χ2n) is 6.75. The zero-order valence-corrected chi connectivity index (χ0v) is 18.2. The van der Waals surface area contributed by atoms with E-state index in [2.05, 4.69) is 5.32 Å². The number of amides is 1. The van der Waals surface area contributed by atoms with E-state index in [-0.39, 0.29) is 22.0 Å². The normalized spacial score (nSPS) is 11.3. The smallest absolute Gasteiger partial charge is 0.339 e. The summed E-state index contributed by atoms with van der Waals surface area (Å²) < 4.78 is 35.6. The van der Waals surface area contributed by atoms with Gasteiger partial charge in [0.05, 0.1) is 7.11 Å². The summed E-state index contributed by atoms with van der Waals surface area (Å²) in [5.74, 6) is -0.451. The molecular formula is C24H20N2O5S. The van der Waals surface area contributed by atoms with Gasteiger partial charge in [0.25, 0.3) is 5.91 Å². The highest BCUT2D eigenvalue weighted by Gasteiger charge is 2.19. The predicted octanol–water partition coefficient (Wildman–Crippen LogP) is 4.32. The first kappa shape index (κ1) is 22.6. The van der Waals surface area contributed by atoms with Crippen molar-refractivity contribution in [1.29, 1.82) is 5.26 Å². The minimum atomic E-state index is -4.06. The molecule has 3 rings (SSSR count). The van der Waals surface area contributed by atoms with Crippen LogP contribution in [0.3, 0.4) is 0 Å². The molecule has 0 bridgehead atoms. The van der Waals surface area contributed by atoms with Crippen molar-refractivity contribution in [3.05, 3.63) is 89.5 Å². The maximum Gasteiger partial charge on any atom is 0.339 e. The van der Waals surface area contributed by atoms with Gasteiger partial charge >= 0.3 is 10.1 Å². The number of methoxy groups -OCH3 is 1. The van der Waals surface area contributed by atoms with Crippen molar-refractivity contribution in [3.8, 4) is 17.6 Å². The number of nitriles is 1. The second kappa shape index (κ2) is 9.81. The largest absolute Gasteiger partial charge is 0.493 e. The lowest BCUT2D eigenvalue weighted by molar-refractivity contribution is -0.112. The van der Waals surface area contributed by atoms with Gasteiger partial charge in [-0.1, -0.05) is 42.0 Å². The van der Waals surface area contributed by atoms with Gasteiger partial charge in [0.2, 0.25) is 0 Å². The van der Waals surface area contributed by atoms with E-state index in [1.165, 1.54) is 43.5 Å². The van der Waals surface area contributed by atoms with Crippen LogP contribution in [0.2, 0.25) is 0 Å². The van der Waals surface area contributed by atoms with Gasteiger partial charge < -0.3 is 14.2 Å². The van der Waals surface area contributed by atoms with Crippen LogP contribution in [0.1, 0.15) is 11.1 Å². The van der Waals surface area contributed by atoms with Crippen LogP contribution in [0.25, 0.3) is 6.08 Å². The van der Waals surface area contributed by atoms with Crippen molar-refractivity contribution < 1.29 is 22.1 Å². The van der Waals surface area contributed by atoms with E-state index in [0.29, 0.717) is 11.3 Å². The summed E-state index contributed by atoms with van der Waals surface area (Å²) in [5.41, 5.74) is 1.81. The number of benzene rings is 3. The Labute approximate surface area is 186 Å². The zero-order valence-electron chi connectivity index (χ0n) is 17.4. The van der Waals surface area contributed by atoms with Gasteiger partial charge in [0.1, 0.15) is 16.5 Å². The molecule has 0 heterocycles. The number of hydrogen-bond acceptors (Lipinski definition) is 6. The van der Waals surface area contributed by atoms with Crippen LogP contribution in [0, 0.1) is 18.3 Å². The summed E-state index contributed by atoms with van der Waals surface area (Å²) in [6.07, 6.45) is 1.37. The molecule has 8 heteroatoms. The third kappa shape index (κ3) is 5.53. The highest BCUT2D eigenvalue weighted by atomic mass is 32.2. The molecule has 1 amide bonds. The Bertz CT molecular complexity index is 1290. The van der Waals surface area contributed by atoms with Crippen LogP contribution in [0.5, 0.6) is 11.5 Å². The number of aryl methyl sites for hydroxylation is 1. The molecule has 0 saturated carbocycles. The summed E-state index contributed by atoms with van der Waals surface area (Å²) in [6, 6.07) is 21.3. The van der Waals surface area contributed by atoms with E-state index in [9.17, 15) is 18.5 Å². The molecule has 0 aliphatic heterocycles. The van der Waals surface area contributed by atoms with Crippen molar-refractivity contribution in [1.82, 2.24) is 0 Å². The molecule has 0 unspecified atom stereocenters. The molecule has 32 heavy (non-hydrogen) atoms. The maximum atomic E-state index is 12.6.